The minimum Gasteiger partial charge on any atom is -0.424 e. The average molecular weight is 262 g/mol. The van der Waals surface area contributed by atoms with Gasteiger partial charge in [0.25, 0.3) is 12.1 Å². The Morgan fingerprint density at radius 3 is 2.22 bits per heavy atom. The number of benzene rings is 1. The van der Waals surface area contributed by atoms with E-state index >= 15 is 0 Å². The summed E-state index contributed by atoms with van der Waals surface area (Å²) in [6.45, 7) is 0.268. The zero-order valence-corrected chi connectivity index (χ0v) is 9.31. The first-order chi connectivity index (χ1) is 8.21. The fourth-order valence-electron chi connectivity index (χ4n) is 1.08. The van der Waals surface area contributed by atoms with E-state index in [4.69, 9.17) is 10.0 Å². The number of carbonyl (C=O) groups excluding carboxylic acids is 1. The van der Waals surface area contributed by atoms with Crippen LogP contribution in [0.2, 0.25) is 0 Å². The predicted octanol–water partition coefficient (Wildman–Crippen LogP) is 0.265. The van der Waals surface area contributed by atoms with Crippen LogP contribution < -0.4 is 10.2 Å². The van der Waals surface area contributed by atoms with Crippen molar-refractivity contribution in [3.05, 3.63) is 24.3 Å². The molecule has 0 aromatic heterocycles. The summed E-state index contributed by atoms with van der Waals surface area (Å²) in [7, 11) is -1.70. The first-order valence-corrected chi connectivity index (χ1v) is 4.91. The van der Waals surface area contributed by atoms with Crippen LogP contribution in [0.15, 0.2) is 24.3 Å². The van der Waals surface area contributed by atoms with E-state index in [1.54, 1.807) is 0 Å². The summed E-state index contributed by atoms with van der Waals surface area (Å²) in [4.78, 5) is 11.0. The number of rotatable bonds is 4. The molecule has 1 atom stereocenters. The number of hydrogen-bond acceptors (Lipinski definition) is 4. The van der Waals surface area contributed by atoms with E-state index in [1.165, 1.54) is 12.1 Å². The lowest BCUT2D eigenvalue weighted by molar-refractivity contribution is -0.154. The third-order valence-electron chi connectivity index (χ3n) is 2.05. The minimum atomic E-state index is -3.82. The van der Waals surface area contributed by atoms with E-state index < -0.39 is 25.2 Å². The standard InChI is InChI=1S/C10H10BF3O4/c1-10(13,14)8(12)9(15)18-7-4-2-6(3-5-7)11(16)17/h2-5,8,16-17H,1H3. The molecule has 4 nitrogen and oxygen atoms in total. The molecule has 0 spiro atoms. The molecule has 0 bridgehead atoms. The number of hydrogen-bond donors (Lipinski definition) is 2. The van der Waals surface area contributed by atoms with Crippen LogP contribution >= 0.6 is 0 Å². The smallest absolute Gasteiger partial charge is 0.424 e. The molecule has 0 aliphatic carbocycles. The first-order valence-electron chi connectivity index (χ1n) is 4.91. The van der Waals surface area contributed by atoms with Crippen molar-refractivity contribution >= 4 is 18.6 Å². The van der Waals surface area contributed by atoms with Crippen molar-refractivity contribution in [1.29, 1.82) is 0 Å². The summed E-state index contributed by atoms with van der Waals surface area (Å²) < 4.78 is 42.3. The summed E-state index contributed by atoms with van der Waals surface area (Å²) in [5.74, 6) is -5.70. The molecule has 0 saturated carbocycles. The maximum absolute atomic E-state index is 12.9. The van der Waals surface area contributed by atoms with E-state index in [1.807, 2.05) is 0 Å². The molecule has 1 aromatic rings. The lowest BCUT2D eigenvalue weighted by atomic mass is 9.80. The predicted molar refractivity (Wildman–Crippen MR) is 57.4 cm³/mol. The number of esters is 1. The Kier molecular flexibility index (Phi) is 4.36. The lowest BCUT2D eigenvalue weighted by Gasteiger charge is -2.14. The van der Waals surface area contributed by atoms with Gasteiger partial charge in [-0.05, 0) is 17.6 Å². The second kappa shape index (κ2) is 5.41. The minimum absolute atomic E-state index is 0.118. The monoisotopic (exact) mass is 262 g/mol. The molecule has 0 fully saturated rings. The highest BCUT2D eigenvalue weighted by molar-refractivity contribution is 6.58. The molecule has 8 heteroatoms. The van der Waals surface area contributed by atoms with Crippen molar-refractivity contribution in [3.8, 4) is 5.75 Å². The van der Waals surface area contributed by atoms with Gasteiger partial charge in [0.2, 0.25) is 0 Å². The van der Waals surface area contributed by atoms with Gasteiger partial charge in [-0.25, -0.2) is 18.0 Å². The Morgan fingerprint density at radius 2 is 1.83 bits per heavy atom. The molecule has 18 heavy (non-hydrogen) atoms. The van der Waals surface area contributed by atoms with Crippen LogP contribution in [0.3, 0.4) is 0 Å². The number of carbonyl (C=O) groups is 1. The zero-order valence-electron chi connectivity index (χ0n) is 9.31. The number of halogens is 3. The number of ether oxygens (including phenoxy) is 1. The molecule has 0 heterocycles. The quantitative estimate of drug-likeness (QED) is 0.464. The van der Waals surface area contributed by atoms with Crippen LogP contribution in [0, 0.1) is 0 Å². The Morgan fingerprint density at radius 1 is 1.33 bits per heavy atom. The molecule has 2 N–H and O–H groups in total. The summed E-state index contributed by atoms with van der Waals surface area (Å²) in [5, 5.41) is 17.6. The summed E-state index contributed by atoms with van der Waals surface area (Å²) in [6, 6.07) is 4.66. The van der Waals surface area contributed by atoms with Gasteiger partial charge in [-0.15, -0.1) is 0 Å². The molecule has 0 aliphatic rings. The molecule has 1 rings (SSSR count). The Hall–Kier alpha value is -1.54. The topological polar surface area (TPSA) is 66.8 Å². The van der Waals surface area contributed by atoms with Crippen molar-refractivity contribution < 1.29 is 32.8 Å². The Balaban J connectivity index is 2.71. The second-order valence-electron chi connectivity index (χ2n) is 3.68. The van der Waals surface area contributed by atoms with Gasteiger partial charge in [0.15, 0.2) is 0 Å². The van der Waals surface area contributed by atoms with Crippen molar-refractivity contribution in [1.82, 2.24) is 0 Å². The van der Waals surface area contributed by atoms with Crippen molar-refractivity contribution in [2.45, 2.75) is 19.0 Å². The molecule has 0 radical (unpaired) electrons. The average Bonchev–Trinajstić information content (AvgIpc) is 2.27. The van der Waals surface area contributed by atoms with Gasteiger partial charge >= 0.3 is 13.1 Å². The normalized spacial score (nSPS) is 13.0. The highest BCUT2D eigenvalue weighted by Gasteiger charge is 2.41. The fraction of sp³-hybridized carbons (Fsp3) is 0.300. The van der Waals surface area contributed by atoms with Crippen molar-refractivity contribution in [2.75, 3.05) is 0 Å². The van der Waals surface area contributed by atoms with E-state index in [9.17, 15) is 18.0 Å². The molecule has 0 amide bonds. The zero-order chi connectivity index (χ0) is 13.9. The van der Waals surface area contributed by atoms with Crippen LogP contribution in [0.1, 0.15) is 6.92 Å². The SMILES string of the molecule is CC(F)(F)C(F)C(=O)Oc1ccc(B(O)O)cc1. The highest BCUT2D eigenvalue weighted by Crippen LogP contribution is 2.22. The molecular formula is C10H10BF3O4. The third-order valence-corrected chi connectivity index (χ3v) is 2.05. The number of alkyl halides is 3. The van der Waals surface area contributed by atoms with Gasteiger partial charge < -0.3 is 14.8 Å². The van der Waals surface area contributed by atoms with E-state index in [0.717, 1.165) is 12.1 Å². The Labute approximate surface area is 101 Å². The molecular weight excluding hydrogens is 252 g/mol. The summed E-state index contributed by atoms with van der Waals surface area (Å²) in [5.41, 5.74) is 0.118. The van der Waals surface area contributed by atoms with Crippen molar-refractivity contribution in [3.63, 3.8) is 0 Å². The molecule has 1 aromatic carbocycles. The van der Waals surface area contributed by atoms with Gasteiger partial charge in [0.05, 0.1) is 0 Å². The van der Waals surface area contributed by atoms with E-state index in [2.05, 4.69) is 4.74 Å². The molecule has 1 unspecified atom stereocenters. The third kappa shape index (κ3) is 3.74. The van der Waals surface area contributed by atoms with Crippen LogP contribution in [0.5, 0.6) is 5.75 Å². The second-order valence-corrected chi connectivity index (χ2v) is 3.68. The van der Waals surface area contributed by atoms with Gasteiger partial charge in [0.1, 0.15) is 5.75 Å². The van der Waals surface area contributed by atoms with Crippen LogP contribution in [-0.4, -0.2) is 35.2 Å². The van der Waals surface area contributed by atoms with Crippen LogP contribution in [-0.2, 0) is 4.79 Å². The fourth-order valence-corrected chi connectivity index (χ4v) is 1.08. The highest BCUT2D eigenvalue weighted by atomic mass is 19.3. The van der Waals surface area contributed by atoms with Gasteiger partial charge in [-0.2, -0.15) is 0 Å². The largest absolute Gasteiger partial charge is 0.488 e. The van der Waals surface area contributed by atoms with Crippen LogP contribution in [0.25, 0.3) is 0 Å². The van der Waals surface area contributed by atoms with E-state index in [0.29, 0.717) is 0 Å². The lowest BCUT2D eigenvalue weighted by Crippen LogP contribution is -2.36. The maximum atomic E-state index is 12.9. The van der Waals surface area contributed by atoms with Crippen molar-refractivity contribution in [2.24, 2.45) is 0 Å². The summed E-state index contributed by atoms with van der Waals surface area (Å²) >= 11 is 0. The van der Waals surface area contributed by atoms with Gasteiger partial charge in [0, 0.05) is 6.92 Å². The maximum Gasteiger partial charge on any atom is 0.488 e. The van der Waals surface area contributed by atoms with Gasteiger partial charge in [-0.1, -0.05) is 12.1 Å². The Bertz CT molecular complexity index is 416. The van der Waals surface area contributed by atoms with Gasteiger partial charge in [-0.3, -0.25) is 0 Å². The van der Waals surface area contributed by atoms with Crippen LogP contribution in [0.4, 0.5) is 13.2 Å². The summed E-state index contributed by atoms with van der Waals surface area (Å²) in [6.07, 6.45) is -3.05. The van der Waals surface area contributed by atoms with E-state index in [-0.39, 0.29) is 18.1 Å². The molecule has 0 aliphatic heterocycles. The first kappa shape index (κ1) is 14.5. The molecule has 98 valence electrons. The molecule has 0 saturated heterocycles.